The van der Waals surface area contributed by atoms with Crippen LogP contribution in [0.2, 0.25) is 0 Å². The zero-order chi connectivity index (χ0) is 17.6. The minimum absolute atomic E-state index is 0.235. The summed E-state index contributed by atoms with van der Waals surface area (Å²) >= 11 is 1.22. The second-order valence-electron chi connectivity index (χ2n) is 6.41. The van der Waals surface area contributed by atoms with E-state index in [0.29, 0.717) is 29.4 Å². The number of nitrogens with zero attached hydrogens (tertiary/aromatic N) is 4. The lowest BCUT2D eigenvalue weighted by molar-refractivity contribution is -0.123. The molecule has 10 heteroatoms. The Morgan fingerprint density at radius 1 is 1.32 bits per heavy atom. The molecule has 2 aliphatic rings. The first-order valence-corrected chi connectivity index (χ1v) is 9.19. The SMILES string of the molecule is CNc1ncnc2c1ncn2[C@@H]1S[C@H](C(=O)NCC2CC2)[C@@H](O)[C@H]1O. The summed E-state index contributed by atoms with van der Waals surface area (Å²) in [5, 5.41) is 25.4. The van der Waals surface area contributed by atoms with E-state index in [1.807, 2.05) is 0 Å². The summed E-state index contributed by atoms with van der Waals surface area (Å²) in [4.78, 5) is 25.0. The molecule has 0 radical (unpaired) electrons. The molecule has 4 atom stereocenters. The van der Waals surface area contributed by atoms with Crippen molar-refractivity contribution in [1.82, 2.24) is 24.8 Å². The van der Waals surface area contributed by atoms with Gasteiger partial charge in [0.2, 0.25) is 5.91 Å². The Morgan fingerprint density at radius 2 is 2.12 bits per heavy atom. The normalized spacial score (nSPS) is 29.1. The number of rotatable bonds is 5. The number of aliphatic hydroxyl groups excluding tert-OH is 2. The Kier molecular flexibility index (Phi) is 4.26. The first kappa shape index (κ1) is 16.6. The van der Waals surface area contributed by atoms with Crippen LogP contribution >= 0.6 is 11.8 Å². The molecule has 0 unspecified atom stereocenters. The number of thioether (sulfide) groups is 1. The summed E-state index contributed by atoms with van der Waals surface area (Å²) in [6, 6.07) is 0. The van der Waals surface area contributed by atoms with E-state index in [2.05, 4.69) is 25.6 Å². The van der Waals surface area contributed by atoms with Crippen molar-refractivity contribution >= 4 is 34.7 Å². The lowest BCUT2D eigenvalue weighted by Gasteiger charge is -2.16. The summed E-state index contributed by atoms with van der Waals surface area (Å²) in [5.74, 6) is 0.906. The molecule has 3 heterocycles. The van der Waals surface area contributed by atoms with Gasteiger partial charge in [-0.05, 0) is 18.8 Å². The van der Waals surface area contributed by atoms with Gasteiger partial charge in [-0.1, -0.05) is 0 Å². The van der Waals surface area contributed by atoms with Crippen LogP contribution in [0.3, 0.4) is 0 Å². The summed E-state index contributed by atoms with van der Waals surface area (Å²) in [5.41, 5.74) is 1.12. The second-order valence-corrected chi connectivity index (χ2v) is 7.68. The average molecular weight is 364 g/mol. The van der Waals surface area contributed by atoms with Crippen LogP contribution in [0, 0.1) is 5.92 Å². The van der Waals surface area contributed by atoms with E-state index < -0.39 is 22.8 Å². The summed E-state index contributed by atoms with van der Waals surface area (Å²) in [6.07, 6.45) is 3.01. The van der Waals surface area contributed by atoms with Crippen LogP contribution in [0.1, 0.15) is 18.2 Å². The molecule has 4 rings (SSSR count). The third-order valence-corrected chi connectivity index (χ3v) is 6.20. The Balaban J connectivity index is 1.57. The van der Waals surface area contributed by atoms with Gasteiger partial charge in [0.05, 0.1) is 6.33 Å². The molecule has 25 heavy (non-hydrogen) atoms. The van der Waals surface area contributed by atoms with Gasteiger partial charge in [-0.2, -0.15) is 0 Å². The lowest BCUT2D eigenvalue weighted by atomic mass is 10.1. The smallest absolute Gasteiger partial charge is 0.235 e. The number of carbonyl (C=O) groups excluding carboxylic acids is 1. The molecule has 4 N–H and O–H groups in total. The molecular formula is C15H20N6O3S. The number of aliphatic hydroxyl groups is 2. The zero-order valence-corrected chi connectivity index (χ0v) is 14.5. The standard InChI is InChI=1S/C15H20N6O3S/c1-16-12-8-13(19-5-18-12)21(6-20-8)15-10(23)9(22)11(25-15)14(24)17-4-7-2-3-7/h5-7,9-11,15,22-23H,2-4H2,1H3,(H,17,24)(H,16,18,19)/t9-,10+,11-,15+/m0/s1. The Morgan fingerprint density at radius 3 is 2.84 bits per heavy atom. The Bertz CT molecular complexity index is 795. The van der Waals surface area contributed by atoms with Gasteiger partial charge in [0.15, 0.2) is 11.5 Å². The van der Waals surface area contributed by atoms with Gasteiger partial charge in [-0.3, -0.25) is 9.36 Å². The maximum atomic E-state index is 12.3. The minimum Gasteiger partial charge on any atom is -0.389 e. The highest BCUT2D eigenvalue weighted by atomic mass is 32.2. The summed E-state index contributed by atoms with van der Waals surface area (Å²) in [7, 11) is 1.74. The van der Waals surface area contributed by atoms with E-state index in [1.165, 1.54) is 18.1 Å². The first-order chi connectivity index (χ1) is 12.1. The summed E-state index contributed by atoms with van der Waals surface area (Å²) in [6.45, 7) is 0.635. The maximum absolute atomic E-state index is 12.3. The lowest BCUT2D eigenvalue weighted by Crippen LogP contribution is -2.41. The quantitative estimate of drug-likeness (QED) is 0.571. The number of fused-ring (bicyclic) bond motifs is 1. The highest BCUT2D eigenvalue weighted by Crippen LogP contribution is 2.43. The van der Waals surface area contributed by atoms with Crippen molar-refractivity contribution < 1.29 is 15.0 Å². The van der Waals surface area contributed by atoms with Crippen molar-refractivity contribution in [2.45, 2.75) is 35.7 Å². The highest BCUT2D eigenvalue weighted by Gasteiger charge is 2.47. The van der Waals surface area contributed by atoms with Crippen LogP contribution in [-0.4, -0.2) is 66.7 Å². The molecule has 2 aromatic rings. The van der Waals surface area contributed by atoms with Crippen molar-refractivity contribution in [3.05, 3.63) is 12.7 Å². The number of nitrogens with one attached hydrogen (secondary N) is 2. The van der Waals surface area contributed by atoms with Crippen LogP contribution in [0.15, 0.2) is 12.7 Å². The molecule has 0 aromatic carbocycles. The van der Waals surface area contributed by atoms with Gasteiger partial charge < -0.3 is 20.8 Å². The highest BCUT2D eigenvalue weighted by molar-refractivity contribution is 8.01. The number of carbonyl (C=O) groups is 1. The molecule has 0 spiro atoms. The van der Waals surface area contributed by atoms with Gasteiger partial charge in [0.1, 0.15) is 34.7 Å². The molecule has 9 nitrogen and oxygen atoms in total. The molecule has 2 fully saturated rings. The topological polar surface area (TPSA) is 125 Å². The summed E-state index contributed by atoms with van der Waals surface area (Å²) < 4.78 is 1.69. The minimum atomic E-state index is -1.14. The van der Waals surface area contributed by atoms with Crippen molar-refractivity contribution in [2.24, 2.45) is 5.92 Å². The van der Waals surface area contributed by atoms with Crippen LogP contribution in [-0.2, 0) is 4.79 Å². The number of hydrogen-bond donors (Lipinski definition) is 4. The largest absolute Gasteiger partial charge is 0.389 e. The molecule has 0 bridgehead atoms. The van der Waals surface area contributed by atoms with Crippen LogP contribution in [0.5, 0.6) is 0 Å². The molecule has 1 aliphatic heterocycles. The molecule has 134 valence electrons. The Labute approximate surface area is 148 Å². The molecule has 1 saturated carbocycles. The first-order valence-electron chi connectivity index (χ1n) is 8.24. The molecule has 1 aliphatic carbocycles. The fourth-order valence-corrected chi connectivity index (χ4v) is 4.43. The molecular weight excluding hydrogens is 344 g/mol. The van der Waals surface area contributed by atoms with Crippen LogP contribution in [0.4, 0.5) is 5.82 Å². The number of imidazole rings is 1. The van der Waals surface area contributed by atoms with E-state index >= 15 is 0 Å². The van der Waals surface area contributed by atoms with E-state index in [-0.39, 0.29) is 5.91 Å². The average Bonchev–Trinajstić information content (AvgIpc) is 3.29. The van der Waals surface area contributed by atoms with E-state index in [1.54, 1.807) is 17.9 Å². The van der Waals surface area contributed by atoms with Gasteiger partial charge >= 0.3 is 0 Å². The van der Waals surface area contributed by atoms with Crippen molar-refractivity contribution in [3.63, 3.8) is 0 Å². The predicted octanol–water partition coefficient (Wildman–Crippen LogP) is -0.270. The number of anilines is 1. The monoisotopic (exact) mass is 364 g/mol. The van der Waals surface area contributed by atoms with E-state index in [9.17, 15) is 15.0 Å². The fourth-order valence-electron chi connectivity index (χ4n) is 2.99. The molecule has 1 amide bonds. The van der Waals surface area contributed by atoms with Crippen molar-refractivity contribution in [3.8, 4) is 0 Å². The van der Waals surface area contributed by atoms with E-state index in [0.717, 1.165) is 12.8 Å². The predicted molar refractivity (Wildman–Crippen MR) is 93.0 cm³/mol. The van der Waals surface area contributed by atoms with Crippen LogP contribution in [0.25, 0.3) is 11.2 Å². The number of amides is 1. The van der Waals surface area contributed by atoms with Gasteiger partial charge in [-0.25, -0.2) is 15.0 Å². The molecule has 1 saturated heterocycles. The van der Waals surface area contributed by atoms with Crippen LogP contribution < -0.4 is 10.6 Å². The number of hydrogen-bond acceptors (Lipinski definition) is 8. The van der Waals surface area contributed by atoms with Gasteiger partial charge in [0.25, 0.3) is 0 Å². The maximum Gasteiger partial charge on any atom is 0.235 e. The molecule has 2 aromatic heterocycles. The second kappa shape index (κ2) is 6.43. The fraction of sp³-hybridized carbons (Fsp3) is 0.600. The van der Waals surface area contributed by atoms with Gasteiger partial charge in [0, 0.05) is 13.6 Å². The third kappa shape index (κ3) is 2.94. The Hall–Kier alpha value is -1.91. The van der Waals surface area contributed by atoms with Gasteiger partial charge in [-0.15, -0.1) is 11.8 Å². The third-order valence-electron chi connectivity index (χ3n) is 4.63. The zero-order valence-electron chi connectivity index (χ0n) is 13.7. The van der Waals surface area contributed by atoms with Crippen molar-refractivity contribution in [2.75, 3.05) is 18.9 Å². The van der Waals surface area contributed by atoms with E-state index in [4.69, 9.17) is 0 Å². The van der Waals surface area contributed by atoms with Crippen molar-refractivity contribution in [1.29, 1.82) is 0 Å². The number of aromatic nitrogens is 4.